The maximum Gasteiger partial charge on any atom is 0.416 e. The minimum Gasteiger partial charge on any atom is -0.497 e. The summed E-state index contributed by atoms with van der Waals surface area (Å²) in [6, 6.07) is 32.1. The highest BCUT2D eigenvalue weighted by Crippen LogP contribution is 2.51. The summed E-state index contributed by atoms with van der Waals surface area (Å²) in [5.74, 6) is -6.33. The lowest BCUT2D eigenvalue weighted by molar-refractivity contribution is -0.156. The van der Waals surface area contributed by atoms with Crippen molar-refractivity contribution in [3.8, 4) is 17.2 Å². The number of aliphatic carboxylic acids is 1. The van der Waals surface area contributed by atoms with Crippen LogP contribution in [0, 0.1) is 17.8 Å². The Morgan fingerprint density at radius 1 is 0.364 bits per heavy atom. The van der Waals surface area contributed by atoms with Crippen LogP contribution in [0.1, 0.15) is 211 Å². The van der Waals surface area contributed by atoms with Gasteiger partial charge in [0.25, 0.3) is 17.7 Å². The number of piperidine rings is 6. The van der Waals surface area contributed by atoms with E-state index in [-0.39, 0.29) is 164 Å². The monoisotopic (exact) mass is 2010 g/mol. The third-order valence-corrected chi connectivity index (χ3v) is 29.5. The summed E-state index contributed by atoms with van der Waals surface area (Å²) in [4.78, 5) is 130. The number of amides is 3. The quantitative estimate of drug-likeness (QED) is 0.0301. The van der Waals surface area contributed by atoms with Gasteiger partial charge in [-0.15, -0.1) is 0 Å². The van der Waals surface area contributed by atoms with E-state index in [2.05, 4.69) is 0 Å². The number of Topliss-reactive ketones (excluding diaryl/α,β-unsaturated/α-hetero) is 2. The molecule has 780 valence electrons. The largest absolute Gasteiger partial charge is 0.497 e. The van der Waals surface area contributed by atoms with E-state index in [4.69, 9.17) is 28.4 Å². The number of halogens is 12. The second kappa shape index (κ2) is 46.0. The van der Waals surface area contributed by atoms with Crippen molar-refractivity contribution >= 4 is 70.2 Å². The summed E-state index contributed by atoms with van der Waals surface area (Å²) in [6.45, 7) is 15.7. The highest BCUT2D eigenvalue weighted by Gasteiger charge is 2.59. The molecule has 6 atom stereocenters. The van der Waals surface area contributed by atoms with E-state index in [1.807, 2.05) is 14.7 Å². The number of hydrogen-bond acceptors (Lipinski definition) is 21. The molecule has 0 aliphatic carbocycles. The molecule has 0 saturated carbocycles. The highest BCUT2D eigenvalue weighted by molar-refractivity contribution is 5.90. The van der Waals surface area contributed by atoms with E-state index >= 15 is 13.2 Å². The lowest BCUT2D eigenvalue weighted by Gasteiger charge is -2.39. The fourth-order valence-corrected chi connectivity index (χ4v) is 22.1. The van der Waals surface area contributed by atoms with Gasteiger partial charge < -0.3 is 62.9 Å². The fraction of sp³-hybridized carbons (Fsp3) is 0.575. The van der Waals surface area contributed by atoms with Crippen LogP contribution in [0.4, 0.5) is 69.7 Å². The van der Waals surface area contributed by atoms with Gasteiger partial charge in [0.2, 0.25) is 17.0 Å². The van der Waals surface area contributed by atoms with Crippen LogP contribution < -0.4 is 28.9 Å². The summed E-state index contributed by atoms with van der Waals surface area (Å²) in [5, 5.41) is 9.38. The molecule has 0 unspecified atom stereocenters. The summed E-state index contributed by atoms with van der Waals surface area (Å²) < 4.78 is 207. The fourth-order valence-electron chi connectivity index (χ4n) is 22.1. The molecule has 143 heavy (non-hydrogen) atoms. The molecule has 9 aliphatic heterocycles. The molecule has 15 rings (SSSR count). The van der Waals surface area contributed by atoms with Crippen LogP contribution in [-0.4, -0.2) is 282 Å². The zero-order chi connectivity index (χ0) is 104. The Hall–Kier alpha value is -11.2. The highest BCUT2D eigenvalue weighted by atomic mass is 19.4. The second-order valence-corrected chi connectivity index (χ2v) is 40.2. The van der Waals surface area contributed by atoms with Crippen molar-refractivity contribution in [3.05, 3.63) is 177 Å². The molecule has 9 fully saturated rings. The van der Waals surface area contributed by atoms with Crippen LogP contribution in [0.2, 0.25) is 0 Å². The molecule has 0 aromatic heterocycles. The number of anilines is 3. The zero-order valence-corrected chi connectivity index (χ0v) is 82.7. The molecule has 0 radical (unpaired) electrons. The van der Waals surface area contributed by atoms with Crippen LogP contribution in [0.15, 0.2) is 127 Å². The number of nitrogens with zero attached hydrogens (tertiary/aromatic N) is 9. The molecule has 9 heterocycles. The normalized spacial score (nSPS) is 23.1. The number of alkyl halides is 12. The summed E-state index contributed by atoms with van der Waals surface area (Å²) in [6.07, 6.45) is -8.30. The molecular weight excluding hydrogens is 1880 g/mol. The minimum absolute atomic E-state index is 0.0358. The SMILES string of the molecule is CCOC(=O)C1CCN(c2cc(C(F)(F)F)ccc2C2CCN(C(=O)[C@]3(F)CN(CC(=O)OC(C)(C)C)C[C@H]3c3ccc(OC)cc3)CC2)CC1.CCOC(=O)C1CCN(c2cc(C(F)(F)F)ccc2C2CCN(C(=O)[C@]3(F)CN(CC(C)=O)C[C@H]3c3ccc(OC)cc3)CC2)CC1.COc1ccc([C@@H]2CN(CC(C)=O)C[C@@]2(F)C(=O)N2CCC(c3ccc(C(F)(F)F)cc3N3CCC(C(=O)O)CC3)CC2)cc1. The van der Waals surface area contributed by atoms with Gasteiger partial charge >= 0.3 is 42.4 Å². The van der Waals surface area contributed by atoms with Gasteiger partial charge in [0.05, 0.1) is 88.6 Å². The molecule has 0 spiro atoms. The van der Waals surface area contributed by atoms with E-state index in [1.54, 1.807) is 122 Å². The van der Waals surface area contributed by atoms with Gasteiger partial charge in [-0.05, 0) is 249 Å². The number of esters is 3. The molecule has 6 aromatic rings. The first-order valence-electron chi connectivity index (χ1n) is 49.3. The summed E-state index contributed by atoms with van der Waals surface area (Å²) in [5.41, 5.74) is -4.28. The standard InChI is InChI=1S/C38H49F4N3O6.C35H43F4N3O5.C33H39F4N3O5/c1-6-50-34(47)27-15-17-44(18-16-27)32-21-28(38(40,41)42)9-12-30(32)25-13-19-45(20-14-25)35(48)37(39)24-43(23-33(46)51-36(2,3)4)22-31(37)26-7-10-29(49-5)11-8-26;1-4-47-32(44)26-13-15-41(16-14-26)31-19-27(35(37,38)39)7-10-29(31)24-11-17-42(18-12-24)33(45)34(36)22-40(20-23(2)43)21-30(34)25-5-8-28(46-3)9-6-25;1-21(41)18-38-19-28(23-3-6-26(45-2)7-4-23)32(34,20-38)31(44)40-15-9-22(10-16-40)27-8-5-25(33(35,36)37)17-29(27)39-13-11-24(12-14-39)30(42)43/h7-12,21,25,27,31H,6,13-20,22-24H2,1-5H3;5-10,19,24,26,30H,4,11-18,20-22H2,1-3H3;3-8,17,22,24,28H,9-16,18-20H2,1-2H3,(H,42,43)/t31-,37-;30-,34-;28-,32-/m000/s1. The molecule has 37 heteroatoms. The average Bonchev–Trinajstić information content (AvgIpc) is 1.62. The van der Waals surface area contributed by atoms with Crippen molar-refractivity contribution in [2.75, 3.05) is 187 Å². The average molecular weight is 2020 g/mol. The smallest absolute Gasteiger partial charge is 0.416 e. The van der Waals surface area contributed by atoms with E-state index in [9.17, 15) is 87.8 Å². The summed E-state index contributed by atoms with van der Waals surface area (Å²) in [7, 11) is 4.59. The number of hydrogen-bond donors (Lipinski definition) is 1. The Bertz CT molecular complexity index is 5430. The Balaban J connectivity index is 0.000000180. The number of ether oxygens (including phenoxy) is 6. The third-order valence-electron chi connectivity index (χ3n) is 29.5. The summed E-state index contributed by atoms with van der Waals surface area (Å²) >= 11 is 0. The first kappa shape index (κ1) is 109. The molecule has 25 nitrogen and oxygen atoms in total. The van der Waals surface area contributed by atoms with Crippen LogP contribution in [0.5, 0.6) is 17.2 Å². The predicted molar refractivity (Wildman–Crippen MR) is 511 cm³/mol. The number of carbonyl (C=O) groups excluding carboxylic acids is 8. The van der Waals surface area contributed by atoms with Crippen LogP contribution in [0.25, 0.3) is 0 Å². The topological polar surface area (TPSA) is 258 Å². The first-order valence-corrected chi connectivity index (χ1v) is 49.3. The van der Waals surface area contributed by atoms with Crippen molar-refractivity contribution < 1.29 is 129 Å². The third kappa shape index (κ3) is 26.2. The number of rotatable bonds is 26. The number of carboxylic acid groups (broad SMARTS) is 1. The molecule has 0 bridgehead atoms. The van der Waals surface area contributed by atoms with Crippen molar-refractivity contribution in [2.24, 2.45) is 17.8 Å². The zero-order valence-electron chi connectivity index (χ0n) is 82.7. The van der Waals surface area contributed by atoms with Crippen LogP contribution >= 0.6 is 0 Å². The Morgan fingerprint density at radius 2 is 0.622 bits per heavy atom. The van der Waals surface area contributed by atoms with E-state index in [1.165, 1.54) is 80.2 Å². The Labute approximate surface area is 826 Å². The number of carbonyl (C=O) groups is 9. The Morgan fingerprint density at radius 3 is 0.853 bits per heavy atom. The lowest BCUT2D eigenvalue weighted by Crippen LogP contribution is -2.52. The predicted octanol–water partition coefficient (Wildman–Crippen LogP) is 17.1. The van der Waals surface area contributed by atoms with Crippen molar-refractivity contribution in [2.45, 2.75) is 202 Å². The number of likely N-dealkylation sites (tertiary alicyclic amines) is 6. The van der Waals surface area contributed by atoms with Crippen molar-refractivity contribution in [1.29, 1.82) is 0 Å². The van der Waals surface area contributed by atoms with E-state index < -0.39 is 111 Å². The van der Waals surface area contributed by atoms with Gasteiger partial charge in [0, 0.05) is 153 Å². The molecule has 9 aliphatic rings. The van der Waals surface area contributed by atoms with Gasteiger partial charge in [-0.3, -0.25) is 57.9 Å². The van der Waals surface area contributed by atoms with E-state index in [0.29, 0.717) is 167 Å². The molecule has 9 saturated heterocycles. The van der Waals surface area contributed by atoms with Crippen molar-refractivity contribution in [3.63, 3.8) is 0 Å². The number of benzene rings is 6. The van der Waals surface area contributed by atoms with Gasteiger partial charge in [-0.2, -0.15) is 39.5 Å². The first-order chi connectivity index (χ1) is 67.6. The van der Waals surface area contributed by atoms with E-state index in [0.717, 1.165) is 41.0 Å². The van der Waals surface area contributed by atoms with Crippen LogP contribution in [-0.2, 0) is 75.9 Å². The number of methoxy groups -OCH3 is 3. The number of carboxylic acids is 1. The lowest BCUT2D eigenvalue weighted by atomic mass is 9.83. The van der Waals surface area contributed by atoms with Gasteiger partial charge in [0.15, 0.2) is 0 Å². The Kier molecular flexibility index (Phi) is 35.1. The minimum atomic E-state index is -4.53. The van der Waals surface area contributed by atoms with Crippen LogP contribution in [0.3, 0.4) is 0 Å². The van der Waals surface area contributed by atoms with Gasteiger partial charge in [-0.1, -0.05) is 54.6 Å². The molecular formula is C106H131F12N9O16. The maximum atomic E-state index is 17.3. The number of ketones is 2. The second-order valence-electron chi connectivity index (χ2n) is 40.2. The van der Waals surface area contributed by atoms with Crippen molar-refractivity contribution in [1.82, 2.24) is 29.4 Å². The molecule has 6 aromatic carbocycles. The van der Waals surface area contributed by atoms with Gasteiger partial charge in [-0.25, -0.2) is 13.2 Å². The van der Waals surface area contributed by atoms with Gasteiger partial charge in [0.1, 0.15) is 34.4 Å². The molecule has 3 amide bonds. The maximum absolute atomic E-state index is 17.3. The molecule has 1 N–H and O–H groups in total.